The fourth-order valence-electron chi connectivity index (χ4n) is 4.62. The zero-order chi connectivity index (χ0) is 22.0. The average Bonchev–Trinajstić information content (AvgIpc) is 3.46. The van der Waals surface area contributed by atoms with Crippen LogP contribution in [-0.4, -0.2) is 34.6 Å². The molecule has 2 aromatic carbocycles. The van der Waals surface area contributed by atoms with Crippen LogP contribution in [0.25, 0.3) is 32.9 Å². The summed E-state index contributed by atoms with van der Waals surface area (Å²) in [6.45, 7) is 4.25. The van der Waals surface area contributed by atoms with Crippen LogP contribution in [0.15, 0.2) is 46.0 Å². The first kappa shape index (κ1) is 18.7. The Morgan fingerprint density at radius 3 is 2.69 bits per heavy atom. The van der Waals surface area contributed by atoms with Gasteiger partial charge < -0.3 is 24.5 Å². The second-order valence-electron chi connectivity index (χ2n) is 7.91. The molecule has 160 valence electrons. The van der Waals surface area contributed by atoms with Crippen LogP contribution in [-0.2, 0) is 0 Å². The number of benzene rings is 2. The largest absolute Gasteiger partial charge is 0.496 e. The van der Waals surface area contributed by atoms with Gasteiger partial charge in [-0.05, 0) is 44.2 Å². The van der Waals surface area contributed by atoms with Gasteiger partial charge in [0.05, 0.1) is 29.6 Å². The number of fused-ring (bicyclic) bond motifs is 4. The highest BCUT2D eigenvalue weighted by Crippen LogP contribution is 2.41. The summed E-state index contributed by atoms with van der Waals surface area (Å²) in [4.78, 5) is 11.4. The lowest BCUT2D eigenvalue weighted by Gasteiger charge is -2.15. The first-order valence-electron chi connectivity index (χ1n) is 10.3. The van der Waals surface area contributed by atoms with Crippen molar-refractivity contribution in [2.24, 2.45) is 4.99 Å². The van der Waals surface area contributed by atoms with E-state index in [1.807, 2.05) is 26.1 Å². The Kier molecular flexibility index (Phi) is 3.92. The number of nitrogens with zero attached hydrogens (tertiary/aromatic N) is 2. The number of nitrogens with one attached hydrogen (secondary N) is 3. The number of ether oxygens (including phenoxy) is 1. The summed E-state index contributed by atoms with van der Waals surface area (Å²) in [5, 5.41) is 9.33. The zero-order valence-electron chi connectivity index (χ0n) is 17.8. The lowest BCUT2D eigenvalue weighted by molar-refractivity contribution is 0.393. The molecule has 0 atom stereocenters. The molecule has 1 aliphatic heterocycles. The van der Waals surface area contributed by atoms with Crippen LogP contribution in [0.2, 0.25) is 0 Å². The van der Waals surface area contributed by atoms with E-state index in [0.29, 0.717) is 6.67 Å². The summed E-state index contributed by atoms with van der Waals surface area (Å²) in [6, 6.07) is 8.82. The number of aliphatic imine (C=N–C) groups is 1. The van der Waals surface area contributed by atoms with Gasteiger partial charge in [0.15, 0.2) is 0 Å². The number of halogens is 1. The van der Waals surface area contributed by atoms with Gasteiger partial charge in [-0.25, -0.2) is 4.39 Å². The van der Waals surface area contributed by atoms with E-state index < -0.39 is 0 Å². The molecular formula is C24H20FN5O2. The molecule has 0 fully saturated rings. The number of hydrogen-bond acceptors (Lipinski definition) is 5. The molecule has 6 rings (SSSR count). The molecule has 0 unspecified atom stereocenters. The standard InChI is InChI=1S/C24H20FN5O2/c1-11-21(12(2)32-30-11)16-7-19-15(8-20(16)31-3)22-23(27-10-28-24(22)29-19)17-9-26-18-6-13(25)4-5-14(17)18/h4-9,26,28-29H,10H2,1-3H3. The maximum atomic E-state index is 13.7. The van der Waals surface area contributed by atoms with Gasteiger partial charge in [-0.2, -0.15) is 0 Å². The molecule has 0 spiro atoms. The molecule has 0 aliphatic carbocycles. The molecule has 5 aromatic rings. The number of rotatable bonds is 3. The minimum absolute atomic E-state index is 0.275. The van der Waals surface area contributed by atoms with Gasteiger partial charge in [0.2, 0.25) is 0 Å². The van der Waals surface area contributed by atoms with Crippen LogP contribution in [0.3, 0.4) is 0 Å². The molecule has 3 N–H and O–H groups in total. The van der Waals surface area contributed by atoms with Gasteiger partial charge in [0.1, 0.15) is 29.8 Å². The molecule has 0 amide bonds. The van der Waals surface area contributed by atoms with Crippen LogP contribution < -0.4 is 10.1 Å². The van der Waals surface area contributed by atoms with Crippen LogP contribution >= 0.6 is 0 Å². The second kappa shape index (κ2) is 6.71. The Morgan fingerprint density at radius 2 is 1.91 bits per heavy atom. The quantitative estimate of drug-likeness (QED) is 0.363. The van der Waals surface area contributed by atoms with Crippen molar-refractivity contribution in [3.8, 4) is 16.9 Å². The minimum Gasteiger partial charge on any atom is -0.496 e. The topological polar surface area (TPSA) is 91.2 Å². The average molecular weight is 429 g/mol. The molecule has 3 aromatic heterocycles. The number of aromatic nitrogens is 3. The molecule has 0 radical (unpaired) electrons. The number of anilines is 1. The summed E-state index contributed by atoms with van der Waals surface area (Å²) < 4.78 is 24.8. The second-order valence-corrected chi connectivity index (χ2v) is 7.91. The lowest BCUT2D eigenvalue weighted by atomic mass is 9.96. The smallest absolute Gasteiger partial charge is 0.141 e. The van der Waals surface area contributed by atoms with Crippen molar-refractivity contribution in [2.75, 3.05) is 19.1 Å². The predicted octanol–water partition coefficient (Wildman–Crippen LogP) is 5.29. The number of aromatic amines is 2. The fourth-order valence-corrected chi connectivity index (χ4v) is 4.62. The molecule has 0 bridgehead atoms. The minimum atomic E-state index is -0.275. The Balaban J connectivity index is 1.59. The number of hydrogen-bond donors (Lipinski definition) is 3. The Morgan fingerprint density at radius 1 is 1.03 bits per heavy atom. The van der Waals surface area contributed by atoms with Gasteiger partial charge >= 0.3 is 0 Å². The van der Waals surface area contributed by atoms with E-state index in [2.05, 4.69) is 26.5 Å². The van der Waals surface area contributed by atoms with Gasteiger partial charge in [-0.1, -0.05) is 5.16 Å². The van der Waals surface area contributed by atoms with E-state index in [9.17, 15) is 4.39 Å². The lowest BCUT2D eigenvalue weighted by Crippen LogP contribution is -2.15. The Hall–Kier alpha value is -4.07. The van der Waals surface area contributed by atoms with Gasteiger partial charge in [0.25, 0.3) is 0 Å². The van der Waals surface area contributed by atoms with E-state index in [1.54, 1.807) is 13.2 Å². The van der Waals surface area contributed by atoms with Crippen LogP contribution in [0.1, 0.15) is 22.6 Å². The third kappa shape index (κ3) is 2.59. The Labute approximate surface area is 182 Å². The van der Waals surface area contributed by atoms with Gasteiger partial charge in [-0.3, -0.25) is 4.99 Å². The highest BCUT2D eigenvalue weighted by molar-refractivity contribution is 6.27. The summed E-state index contributed by atoms with van der Waals surface area (Å²) in [7, 11) is 1.66. The van der Waals surface area contributed by atoms with E-state index >= 15 is 0 Å². The number of methoxy groups -OCH3 is 1. The van der Waals surface area contributed by atoms with Crippen molar-refractivity contribution < 1.29 is 13.7 Å². The van der Waals surface area contributed by atoms with Crippen molar-refractivity contribution in [1.82, 2.24) is 15.1 Å². The third-order valence-corrected chi connectivity index (χ3v) is 6.05. The summed E-state index contributed by atoms with van der Waals surface area (Å²) in [6.07, 6.45) is 1.88. The molecule has 1 aliphatic rings. The van der Waals surface area contributed by atoms with Gasteiger partial charge in [0, 0.05) is 39.1 Å². The summed E-state index contributed by atoms with van der Waals surface area (Å²) in [5.74, 6) is 2.07. The zero-order valence-corrected chi connectivity index (χ0v) is 17.8. The first-order valence-corrected chi connectivity index (χ1v) is 10.3. The highest BCUT2D eigenvalue weighted by Gasteiger charge is 2.26. The van der Waals surface area contributed by atoms with E-state index in [4.69, 9.17) is 14.3 Å². The van der Waals surface area contributed by atoms with Crippen molar-refractivity contribution in [3.63, 3.8) is 0 Å². The third-order valence-electron chi connectivity index (χ3n) is 6.05. The maximum absolute atomic E-state index is 13.7. The van der Waals surface area contributed by atoms with Crippen LogP contribution in [0.4, 0.5) is 10.2 Å². The van der Waals surface area contributed by atoms with Crippen LogP contribution in [0.5, 0.6) is 5.75 Å². The fraction of sp³-hybridized carbons (Fsp3) is 0.167. The van der Waals surface area contributed by atoms with Crippen molar-refractivity contribution in [3.05, 3.63) is 64.9 Å². The molecule has 4 heterocycles. The van der Waals surface area contributed by atoms with E-state index in [1.165, 1.54) is 12.1 Å². The van der Waals surface area contributed by atoms with Crippen LogP contribution in [0, 0.1) is 19.7 Å². The first-order chi connectivity index (χ1) is 15.5. The molecule has 8 heteroatoms. The predicted molar refractivity (Wildman–Crippen MR) is 122 cm³/mol. The highest BCUT2D eigenvalue weighted by atomic mass is 19.1. The van der Waals surface area contributed by atoms with E-state index in [0.717, 1.165) is 72.8 Å². The van der Waals surface area contributed by atoms with Crippen molar-refractivity contribution >= 4 is 33.3 Å². The summed E-state index contributed by atoms with van der Waals surface area (Å²) in [5.41, 5.74) is 7.06. The normalized spacial score (nSPS) is 13.3. The number of H-pyrrole nitrogens is 2. The van der Waals surface area contributed by atoms with E-state index in [-0.39, 0.29) is 5.82 Å². The monoisotopic (exact) mass is 429 g/mol. The molecule has 0 saturated heterocycles. The molecule has 7 nitrogen and oxygen atoms in total. The Bertz CT molecular complexity index is 1540. The van der Waals surface area contributed by atoms with Crippen molar-refractivity contribution in [2.45, 2.75) is 13.8 Å². The molecular weight excluding hydrogens is 409 g/mol. The molecule has 32 heavy (non-hydrogen) atoms. The maximum Gasteiger partial charge on any atom is 0.141 e. The molecule has 0 saturated carbocycles. The van der Waals surface area contributed by atoms with Gasteiger partial charge in [-0.15, -0.1) is 0 Å². The SMILES string of the molecule is COc1cc2c3c([nH]c2cc1-c1c(C)noc1C)NCN=C3c1c[nH]c2cc(F)ccc12. The van der Waals surface area contributed by atoms with Crippen molar-refractivity contribution in [1.29, 1.82) is 0 Å². The number of aryl methyl sites for hydroxylation is 2. The summed E-state index contributed by atoms with van der Waals surface area (Å²) >= 11 is 0.